The van der Waals surface area contributed by atoms with Crippen molar-refractivity contribution in [1.29, 1.82) is 0 Å². The number of halogens is 1. The monoisotopic (exact) mass is 239 g/mol. The van der Waals surface area contributed by atoms with E-state index in [0.29, 0.717) is 12.0 Å². The average molecular weight is 239 g/mol. The zero-order chi connectivity index (χ0) is 12.9. The third kappa shape index (κ3) is 3.53. The van der Waals surface area contributed by atoms with E-state index in [1.807, 2.05) is 6.92 Å². The van der Waals surface area contributed by atoms with Crippen molar-refractivity contribution in [3.05, 3.63) is 35.6 Å². The van der Waals surface area contributed by atoms with Gasteiger partial charge in [-0.2, -0.15) is 0 Å². The maximum atomic E-state index is 13.5. The van der Waals surface area contributed by atoms with Crippen LogP contribution in [0.3, 0.4) is 0 Å². The first kappa shape index (κ1) is 13.6. The van der Waals surface area contributed by atoms with Crippen molar-refractivity contribution >= 4 is 5.97 Å². The van der Waals surface area contributed by atoms with E-state index >= 15 is 0 Å². The molecule has 0 aliphatic rings. The van der Waals surface area contributed by atoms with Crippen molar-refractivity contribution in [2.24, 2.45) is 5.73 Å². The second-order valence-electron chi connectivity index (χ2n) is 4.33. The summed E-state index contributed by atoms with van der Waals surface area (Å²) in [4.78, 5) is 11.2. The molecule has 0 fully saturated rings. The van der Waals surface area contributed by atoms with Crippen LogP contribution in [-0.4, -0.2) is 16.6 Å². The maximum Gasteiger partial charge on any atom is 0.324 e. The number of carboxylic acid groups (broad SMARTS) is 1. The summed E-state index contributed by atoms with van der Waals surface area (Å²) >= 11 is 0. The van der Waals surface area contributed by atoms with Crippen LogP contribution in [0.5, 0.6) is 0 Å². The van der Waals surface area contributed by atoms with Gasteiger partial charge < -0.3 is 10.8 Å². The average Bonchev–Trinajstić information content (AvgIpc) is 2.29. The number of hydrogen-bond donors (Lipinski definition) is 2. The van der Waals surface area contributed by atoms with Crippen LogP contribution < -0.4 is 5.73 Å². The molecule has 3 N–H and O–H groups in total. The molecular weight excluding hydrogens is 221 g/mol. The summed E-state index contributed by atoms with van der Waals surface area (Å²) in [5, 5.41) is 9.16. The number of nitrogens with two attached hydrogens (primary N) is 1. The maximum absolute atomic E-state index is 13.5. The quantitative estimate of drug-likeness (QED) is 0.800. The number of carboxylic acids is 1. The van der Waals surface area contributed by atoms with Crippen LogP contribution in [0.1, 0.15) is 31.7 Å². The molecule has 1 aromatic rings. The molecule has 94 valence electrons. The van der Waals surface area contributed by atoms with Crippen LogP contribution in [0.25, 0.3) is 0 Å². The SMILES string of the molecule is CCCCC(N)(Cc1ccccc1F)C(=O)O. The molecule has 1 aromatic carbocycles. The molecule has 0 radical (unpaired) electrons. The molecule has 0 amide bonds. The zero-order valence-corrected chi connectivity index (χ0v) is 9.95. The third-order valence-corrected chi connectivity index (χ3v) is 2.87. The van der Waals surface area contributed by atoms with Gasteiger partial charge in [-0.1, -0.05) is 38.0 Å². The third-order valence-electron chi connectivity index (χ3n) is 2.87. The highest BCUT2D eigenvalue weighted by Gasteiger charge is 2.34. The second-order valence-corrected chi connectivity index (χ2v) is 4.33. The van der Waals surface area contributed by atoms with Gasteiger partial charge in [0.2, 0.25) is 0 Å². The lowest BCUT2D eigenvalue weighted by Gasteiger charge is -2.24. The van der Waals surface area contributed by atoms with Gasteiger partial charge in [-0.3, -0.25) is 4.79 Å². The van der Waals surface area contributed by atoms with Gasteiger partial charge in [0.1, 0.15) is 11.4 Å². The Bertz CT molecular complexity index is 395. The van der Waals surface area contributed by atoms with Crippen molar-refractivity contribution in [1.82, 2.24) is 0 Å². The largest absolute Gasteiger partial charge is 0.480 e. The van der Waals surface area contributed by atoms with E-state index in [2.05, 4.69) is 0 Å². The number of benzene rings is 1. The van der Waals surface area contributed by atoms with Crippen LogP contribution in [-0.2, 0) is 11.2 Å². The summed E-state index contributed by atoms with van der Waals surface area (Å²) in [5.74, 6) is -1.48. The molecule has 4 heteroatoms. The Balaban J connectivity index is 2.87. The van der Waals surface area contributed by atoms with Crippen LogP contribution in [0.15, 0.2) is 24.3 Å². The first-order valence-corrected chi connectivity index (χ1v) is 5.75. The Morgan fingerprint density at radius 1 is 1.47 bits per heavy atom. The normalized spacial score (nSPS) is 14.3. The molecule has 0 aliphatic carbocycles. The Kier molecular flexibility index (Phi) is 4.63. The Hall–Kier alpha value is -1.42. The fourth-order valence-corrected chi connectivity index (χ4v) is 1.74. The van der Waals surface area contributed by atoms with E-state index in [4.69, 9.17) is 10.8 Å². The van der Waals surface area contributed by atoms with E-state index < -0.39 is 17.3 Å². The van der Waals surface area contributed by atoms with Crippen LogP contribution in [0.2, 0.25) is 0 Å². The van der Waals surface area contributed by atoms with Gasteiger partial charge in [0, 0.05) is 6.42 Å². The molecule has 0 saturated carbocycles. The molecule has 17 heavy (non-hydrogen) atoms. The molecule has 0 spiro atoms. The van der Waals surface area contributed by atoms with Gasteiger partial charge in [-0.25, -0.2) is 4.39 Å². The number of aliphatic carboxylic acids is 1. The topological polar surface area (TPSA) is 63.3 Å². The molecular formula is C13H18FNO2. The highest BCUT2D eigenvalue weighted by atomic mass is 19.1. The van der Waals surface area contributed by atoms with E-state index in [1.165, 1.54) is 6.07 Å². The lowest BCUT2D eigenvalue weighted by Crippen LogP contribution is -2.50. The Labute approximate surface area is 100 Å². The number of hydrogen-bond acceptors (Lipinski definition) is 2. The highest BCUT2D eigenvalue weighted by molar-refractivity contribution is 5.78. The smallest absolute Gasteiger partial charge is 0.324 e. The summed E-state index contributed by atoms with van der Waals surface area (Å²) in [6, 6.07) is 6.15. The zero-order valence-electron chi connectivity index (χ0n) is 9.95. The van der Waals surface area contributed by atoms with E-state index in [1.54, 1.807) is 18.2 Å². The van der Waals surface area contributed by atoms with E-state index in [9.17, 15) is 9.18 Å². The van der Waals surface area contributed by atoms with Gasteiger partial charge in [0.25, 0.3) is 0 Å². The fourth-order valence-electron chi connectivity index (χ4n) is 1.74. The summed E-state index contributed by atoms with van der Waals surface area (Å²) in [6.45, 7) is 1.96. The van der Waals surface area contributed by atoms with Crippen molar-refractivity contribution in [2.75, 3.05) is 0 Å². The van der Waals surface area contributed by atoms with Gasteiger partial charge >= 0.3 is 5.97 Å². The molecule has 0 heterocycles. The van der Waals surface area contributed by atoms with Crippen LogP contribution in [0.4, 0.5) is 4.39 Å². The van der Waals surface area contributed by atoms with Gasteiger partial charge in [0.05, 0.1) is 0 Å². The summed E-state index contributed by atoms with van der Waals surface area (Å²) in [6.07, 6.45) is 1.96. The van der Waals surface area contributed by atoms with E-state index in [0.717, 1.165) is 12.8 Å². The first-order valence-electron chi connectivity index (χ1n) is 5.75. The molecule has 1 unspecified atom stereocenters. The molecule has 1 rings (SSSR count). The van der Waals surface area contributed by atoms with Crippen molar-refractivity contribution in [3.8, 4) is 0 Å². The predicted octanol–water partition coefficient (Wildman–Crippen LogP) is 2.34. The molecule has 0 aromatic heterocycles. The summed E-state index contributed by atoms with van der Waals surface area (Å²) < 4.78 is 13.5. The molecule has 0 aliphatic heterocycles. The Morgan fingerprint density at radius 3 is 2.65 bits per heavy atom. The Morgan fingerprint density at radius 2 is 2.12 bits per heavy atom. The molecule has 1 atom stereocenters. The van der Waals surface area contributed by atoms with Gasteiger partial charge in [0.15, 0.2) is 0 Å². The van der Waals surface area contributed by atoms with Gasteiger partial charge in [-0.15, -0.1) is 0 Å². The minimum Gasteiger partial charge on any atom is -0.480 e. The number of unbranched alkanes of at least 4 members (excludes halogenated alkanes) is 1. The lowest BCUT2D eigenvalue weighted by atomic mass is 9.87. The molecule has 3 nitrogen and oxygen atoms in total. The second kappa shape index (κ2) is 5.77. The highest BCUT2D eigenvalue weighted by Crippen LogP contribution is 2.20. The van der Waals surface area contributed by atoms with E-state index in [-0.39, 0.29) is 6.42 Å². The number of rotatable bonds is 6. The van der Waals surface area contributed by atoms with Crippen LogP contribution >= 0.6 is 0 Å². The molecule has 0 saturated heterocycles. The lowest BCUT2D eigenvalue weighted by molar-refractivity contribution is -0.143. The predicted molar refractivity (Wildman–Crippen MR) is 64.2 cm³/mol. The van der Waals surface area contributed by atoms with Crippen molar-refractivity contribution in [3.63, 3.8) is 0 Å². The number of carbonyl (C=O) groups is 1. The minimum atomic E-state index is -1.38. The standard InChI is InChI=1S/C13H18FNO2/c1-2-3-8-13(15,12(16)17)9-10-6-4-5-7-11(10)14/h4-7H,2-3,8-9,15H2,1H3,(H,16,17). The fraction of sp³-hybridized carbons (Fsp3) is 0.462. The van der Waals surface area contributed by atoms with Crippen LogP contribution in [0, 0.1) is 5.82 Å². The van der Waals surface area contributed by atoms with Crippen molar-refractivity contribution in [2.45, 2.75) is 38.1 Å². The van der Waals surface area contributed by atoms with Crippen molar-refractivity contribution < 1.29 is 14.3 Å². The van der Waals surface area contributed by atoms with Gasteiger partial charge in [-0.05, 0) is 18.1 Å². The minimum absolute atomic E-state index is 0.0228. The summed E-state index contributed by atoms with van der Waals surface area (Å²) in [5.41, 5.74) is 4.84. The molecule has 0 bridgehead atoms. The first-order chi connectivity index (χ1) is 7.99. The summed E-state index contributed by atoms with van der Waals surface area (Å²) in [7, 11) is 0.